The standard InChI is InChI=1S/C13H20N4O/c1-3-17-13(15-10-16-17)9-11(14-2)6-7-12-5-4-8-18-12/h4-5,8,10-11,14H,3,6-7,9H2,1-2H3. The van der Waals surface area contributed by atoms with Gasteiger partial charge in [0.25, 0.3) is 0 Å². The zero-order chi connectivity index (χ0) is 12.8. The molecule has 1 unspecified atom stereocenters. The van der Waals surface area contributed by atoms with Gasteiger partial charge in [0.05, 0.1) is 6.26 Å². The third kappa shape index (κ3) is 3.20. The molecule has 18 heavy (non-hydrogen) atoms. The molecule has 0 radical (unpaired) electrons. The number of nitrogens with zero attached hydrogens (tertiary/aromatic N) is 3. The summed E-state index contributed by atoms with van der Waals surface area (Å²) in [5, 5.41) is 7.52. The number of nitrogens with one attached hydrogen (secondary N) is 1. The molecule has 2 aromatic heterocycles. The van der Waals surface area contributed by atoms with Gasteiger partial charge in [-0.2, -0.15) is 5.10 Å². The summed E-state index contributed by atoms with van der Waals surface area (Å²) in [6.45, 7) is 2.94. The fourth-order valence-electron chi connectivity index (χ4n) is 2.05. The summed E-state index contributed by atoms with van der Waals surface area (Å²) in [7, 11) is 1.99. The molecule has 2 aromatic rings. The smallest absolute Gasteiger partial charge is 0.138 e. The molecule has 0 saturated carbocycles. The van der Waals surface area contributed by atoms with Gasteiger partial charge in [-0.25, -0.2) is 4.98 Å². The summed E-state index contributed by atoms with van der Waals surface area (Å²) in [5.74, 6) is 2.07. The van der Waals surface area contributed by atoms with Crippen LogP contribution >= 0.6 is 0 Å². The van der Waals surface area contributed by atoms with Crippen LogP contribution in [0.15, 0.2) is 29.1 Å². The number of hydrogen-bond acceptors (Lipinski definition) is 4. The maximum Gasteiger partial charge on any atom is 0.138 e. The lowest BCUT2D eigenvalue weighted by Crippen LogP contribution is -2.29. The zero-order valence-electron chi connectivity index (χ0n) is 11.0. The highest BCUT2D eigenvalue weighted by Crippen LogP contribution is 2.09. The highest BCUT2D eigenvalue weighted by atomic mass is 16.3. The van der Waals surface area contributed by atoms with E-state index in [1.807, 2.05) is 23.9 Å². The van der Waals surface area contributed by atoms with E-state index in [0.29, 0.717) is 6.04 Å². The average Bonchev–Trinajstić information content (AvgIpc) is 3.05. The van der Waals surface area contributed by atoms with E-state index < -0.39 is 0 Å². The lowest BCUT2D eigenvalue weighted by molar-refractivity contribution is 0.448. The number of rotatable bonds is 7. The summed E-state index contributed by atoms with van der Waals surface area (Å²) >= 11 is 0. The minimum Gasteiger partial charge on any atom is -0.469 e. The Morgan fingerprint density at radius 3 is 3.06 bits per heavy atom. The molecule has 1 N–H and O–H groups in total. The predicted octanol–water partition coefficient (Wildman–Crippen LogP) is 1.65. The number of furan rings is 1. The fourth-order valence-corrected chi connectivity index (χ4v) is 2.05. The molecule has 0 aliphatic carbocycles. The molecular formula is C13H20N4O. The van der Waals surface area contributed by atoms with Crippen molar-refractivity contribution in [2.75, 3.05) is 7.05 Å². The molecule has 2 rings (SSSR count). The number of hydrogen-bond donors (Lipinski definition) is 1. The van der Waals surface area contributed by atoms with Crippen molar-refractivity contribution in [3.05, 3.63) is 36.3 Å². The van der Waals surface area contributed by atoms with Crippen LogP contribution in [-0.2, 0) is 19.4 Å². The Kier molecular flexibility index (Phi) is 4.52. The summed E-state index contributed by atoms with van der Waals surface area (Å²) in [6, 6.07) is 4.34. The topological polar surface area (TPSA) is 55.9 Å². The third-order valence-electron chi connectivity index (χ3n) is 3.15. The molecular weight excluding hydrogens is 228 g/mol. The highest BCUT2D eigenvalue weighted by Gasteiger charge is 2.12. The molecule has 0 spiro atoms. The van der Waals surface area contributed by atoms with E-state index in [-0.39, 0.29) is 0 Å². The molecule has 5 heteroatoms. The van der Waals surface area contributed by atoms with E-state index in [0.717, 1.165) is 37.4 Å². The summed E-state index contributed by atoms with van der Waals surface area (Å²) in [4.78, 5) is 4.31. The van der Waals surface area contributed by atoms with Gasteiger partial charge >= 0.3 is 0 Å². The Morgan fingerprint density at radius 2 is 2.39 bits per heavy atom. The molecule has 2 heterocycles. The van der Waals surface area contributed by atoms with Gasteiger partial charge in [-0.3, -0.25) is 4.68 Å². The number of aryl methyl sites for hydroxylation is 2. The largest absolute Gasteiger partial charge is 0.469 e. The molecule has 0 aliphatic rings. The van der Waals surface area contributed by atoms with E-state index in [1.165, 1.54) is 0 Å². The Labute approximate surface area is 107 Å². The minimum atomic E-state index is 0.393. The monoisotopic (exact) mass is 248 g/mol. The Bertz CT molecular complexity index is 449. The zero-order valence-corrected chi connectivity index (χ0v) is 11.0. The van der Waals surface area contributed by atoms with Gasteiger partial charge in [0, 0.05) is 25.4 Å². The second-order valence-electron chi connectivity index (χ2n) is 4.30. The van der Waals surface area contributed by atoms with Crippen LogP contribution in [0.4, 0.5) is 0 Å². The molecule has 98 valence electrons. The van der Waals surface area contributed by atoms with Crippen LogP contribution in [0.2, 0.25) is 0 Å². The molecule has 0 amide bonds. The van der Waals surface area contributed by atoms with Crippen LogP contribution < -0.4 is 5.32 Å². The van der Waals surface area contributed by atoms with Crippen molar-refractivity contribution >= 4 is 0 Å². The summed E-state index contributed by atoms with van der Waals surface area (Å²) < 4.78 is 7.29. The van der Waals surface area contributed by atoms with Crippen LogP contribution in [0.5, 0.6) is 0 Å². The van der Waals surface area contributed by atoms with E-state index in [2.05, 4.69) is 22.3 Å². The van der Waals surface area contributed by atoms with Gasteiger partial charge in [0.1, 0.15) is 17.9 Å². The van der Waals surface area contributed by atoms with Crippen LogP contribution in [-0.4, -0.2) is 27.9 Å². The molecule has 0 fully saturated rings. The normalized spacial score (nSPS) is 12.8. The SMILES string of the molecule is CCn1ncnc1CC(CCc1ccco1)NC. The molecule has 0 aromatic carbocycles. The molecule has 1 atom stereocenters. The van der Waals surface area contributed by atoms with Crippen LogP contribution in [0.3, 0.4) is 0 Å². The van der Waals surface area contributed by atoms with Crippen molar-refractivity contribution in [1.82, 2.24) is 20.1 Å². The molecule has 5 nitrogen and oxygen atoms in total. The first-order chi connectivity index (χ1) is 8.83. The minimum absolute atomic E-state index is 0.393. The van der Waals surface area contributed by atoms with Crippen molar-refractivity contribution in [2.45, 2.75) is 38.8 Å². The number of aromatic nitrogens is 3. The molecule has 0 aliphatic heterocycles. The van der Waals surface area contributed by atoms with E-state index in [1.54, 1.807) is 12.6 Å². The third-order valence-corrected chi connectivity index (χ3v) is 3.15. The molecule has 0 bridgehead atoms. The van der Waals surface area contributed by atoms with Crippen molar-refractivity contribution in [1.29, 1.82) is 0 Å². The van der Waals surface area contributed by atoms with Gasteiger partial charge in [0.2, 0.25) is 0 Å². The second-order valence-corrected chi connectivity index (χ2v) is 4.30. The van der Waals surface area contributed by atoms with E-state index in [9.17, 15) is 0 Å². The first-order valence-electron chi connectivity index (χ1n) is 6.39. The first-order valence-corrected chi connectivity index (χ1v) is 6.39. The Hall–Kier alpha value is -1.62. The van der Waals surface area contributed by atoms with Gasteiger partial charge in [-0.15, -0.1) is 0 Å². The molecule has 0 saturated heterocycles. The van der Waals surface area contributed by atoms with Crippen LogP contribution in [0.25, 0.3) is 0 Å². The summed E-state index contributed by atoms with van der Waals surface area (Å²) in [5.41, 5.74) is 0. The van der Waals surface area contributed by atoms with Crippen molar-refractivity contribution in [3.63, 3.8) is 0 Å². The Balaban J connectivity index is 1.89. The van der Waals surface area contributed by atoms with E-state index >= 15 is 0 Å². The summed E-state index contributed by atoms with van der Waals surface area (Å²) in [6.07, 6.45) is 6.21. The van der Waals surface area contributed by atoms with Crippen LogP contribution in [0, 0.1) is 0 Å². The van der Waals surface area contributed by atoms with Crippen LogP contribution in [0.1, 0.15) is 24.9 Å². The van der Waals surface area contributed by atoms with Crippen molar-refractivity contribution in [3.8, 4) is 0 Å². The van der Waals surface area contributed by atoms with Gasteiger partial charge < -0.3 is 9.73 Å². The number of likely N-dealkylation sites (N-methyl/N-ethyl adjacent to an activating group) is 1. The van der Waals surface area contributed by atoms with E-state index in [4.69, 9.17) is 4.42 Å². The fraction of sp³-hybridized carbons (Fsp3) is 0.538. The quantitative estimate of drug-likeness (QED) is 0.809. The van der Waals surface area contributed by atoms with Gasteiger partial charge in [0.15, 0.2) is 0 Å². The van der Waals surface area contributed by atoms with Crippen molar-refractivity contribution in [2.24, 2.45) is 0 Å². The average molecular weight is 248 g/mol. The van der Waals surface area contributed by atoms with Crippen molar-refractivity contribution < 1.29 is 4.42 Å². The maximum atomic E-state index is 5.35. The lowest BCUT2D eigenvalue weighted by atomic mass is 10.1. The maximum absolute atomic E-state index is 5.35. The van der Waals surface area contributed by atoms with Gasteiger partial charge in [-0.05, 0) is 32.5 Å². The second kappa shape index (κ2) is 6.35. The lowest BCUT2D eigenvalue weighted by Gasteiger charge is -2.15. The van der Waals surface area contributed by atoms with Gasteiger partial charge in [-0.1, -0.05) is 0 Å². The Morgan fingerprint density at radius 1 is 1.50 bits per heavy atom. The highest BCUT2D eigenvalue weighted by molar-refractivity contribution is 4.99. The first kappa shape index (κ1) is 12.8. The predicted molar refractivity (Wildman–Crippen MR) is 69.3 cm³/mol.